The fraction of sp³-hybridized carbons (Fsp3) is 0.435. The highest BCUT2D eigenvalue weighted by molar-refractivity contribution is 7.72. The number of benzene rings is 2. The van der Waals surface area contributed by atoms with Crippen LogP contribution in [0.15, 0.2) is 42.5 Å². The van der Waals surface area contributed by atoms with Gasteiger partial charge in [-0.15, -0.1) is 0 Å². The van der Waals surface area contributed by atoms with Crippen molar-refractivity contribution in [1.29, 1.82) is 0 Å². The van der Waals surface area contributed by atoms with Gasteiger partial charge in [-0.2, -0.15) is 0 Å². The lowest BCUT2D eigenvalue weighted by molar-refractivity contribution is -0.116. The molecule has 0 aliphatic heterocycles. The van der Waals surface area contributed by atoms with Gasteiger partial charge in [0.1, 0.15) is 11.5 Å². The molecular weight excluding hydrogens is 512 g/mol. The van der Waals surface area contributed by atoms with E-state index >= 15 is 0 Å². The zero-order chi connectivity index (χ0) is 27.3. The third kappa shape index (κ3) is 6.95. The Morgan fingerprint density at radius 1 is 0.889 bits per heavy atom. The van der Waals surface area contributed by atoms with Crippen molar-refractivity contribution in [2.45, 2.75) is 62.9 Å². The van der Waals surface area contributed by atoms with Gasteiger partial charge in [0.25, 0.3) is 5.08 Å². The van der Waals surface area contributed by atoms with E-state index in [0.29, 0.717) is 0 Å². The number of phenolic OH excluding ortho intramolecular Hbond substituents is 2. The summed E-state index contributed by atoms with van der Waals surface area (Å²) in [5.74, 6) is -0.600. The van der Waals surface area contributed by atoms with Crippen LogP contribution in [0.3, 0.4) is 0 Å². The quantitative estimate of drug-likeness (QED) is 0.143. The molecule has 0 aliphatic rings. The van der Waals surface area contributed by atoms with Crippen LogP contribution in [0.2, 0.25) is 0 Å². The first kappa shape index (κ1) is 30.0. The predicted molar refractivity (Wildman–Crippen MR) is 134 cm³/mol. The molecule has 2 aromatic rings. The molecule has 200 valence electrons. The molecular formula is C23H33NO10P2. The van der Waals surface area contributed by atoms with E-state index in [0.717, 1.165) is 24.0 Å². The van der Waals surface area contributed by atoms with Crippen LogP contribution in [0, 0.1) is 0 Å². The molecule has 2 rings (SSSR count). The van der Waals surface area contributed by atoms with Gasteiger partial charge in [-0.05, 0) is 66.5 Å². The smallest absolute Gasteiger partial charge is 0.369 e. The van der Waals surface area contributed by atoms with Crippen molar-refractivity contribution >= 4 is 26.8 Å². The molecule has 0 heterocycles. The van der Waals surface area contributed by atoms with Crippen molar-refractivity contribution in [3.8, 4) is 11.5 Å². The minimum Gasteiger partial charge on any atom is -0.508 e. The summed E-state index contributed by atoms with van der Waals surface area (Å²) in [5, 5.41) is 28.7. The molecule has 13 heteroatoms. The number of hydrogen-bond acceptors (Lipinski definition) is 6. The number of rotatable bonds is 12. The summed E-state index contributed by atoms with van der Waals surface area (Å²) in [4.78, 5) is 49.2. The Morgan fingerprint density at radius 3 is 1.89 bits per heavy atom. The highest BCUT2D eigenvalue weighted by Gasteiger charge is 2.58. The molecule has 0 saturated carbocycles. The molecule has 2 atom stereocenters. The monoisotopic (exact) mass is 545 g/mol. The molecule has 8 N–H and O–H groups in total. The van der Waals surface area contributed by atoms with Gasteiger partial charge in [0.15, 0.2) is 0 Å². The van der Waals surface area contributed by atoms with E-state index in [1.54, 1.807) is 24.3 Å². The first-order valence-electron chi connectivity index (χ1n) is 11.4. The van der Waals surface area contributed by atoms with Crippen molar-refractivity contribution in [3.05, 3.63) is 53.6 Å². The van der Waals surface area contributed by atoms with Gasteiger partial charge in [0.2, 0.25) is 5.91 Å². The standard InChI is InChI=1S/C23H33NO10P2/c1-3-18(15-7-10-17(25)11-8-15)19(4-2)16-9-12-21(26)20(14-16)24-22(27)6-5-13-23(28,35(29,30)31)36(32,33)34/h7-12,14,18-19,25-26,28H,3-6,13H2,1-2H3,(H,24,27)(H2,29,30,31)(H2,32,33,34). The van der Waals surface area contributed by atoms with E-state index < -0.39 is 45.4 Å². The summed E-state index contributed by atoms with van der Waals surface area (Å²) < 4.78 is 22.9. The summed E-state index contributed by atoms with van der Waals surface area (Å²) >= 11 is 0. The largest absolute Gasteiger partial charge is 0.508 e. The number of carbonyl (C=O) groups is 1. The predicted octanol–water partition coefficient (Wildman–Crippen LogP) is 3.90. The van der Waals surface area contributed by atoms with Crippen LogP contribution in [0.1, 0.15) is 68.9 Å². The van der Waals surface area contributed by atoms with Crippen molar-refractivity contribution in [1.82, 2.24) is 0 Å². The molecule has 0 bridgehead atoms. The number of phenols is 2. The van der Waals surface area contributed by atoms with Crippen molar-refractivity contribution < 1.29 is 48.8 Å². The molecule has 0 radical (unpaired) electrons. The van der Waals surface area contributed by atoms with Gasteiger partial charge in [0, 0.05) is 12.8 Å². The fourth-order valence-corrected chi connectivity index (χ4v) is 6.53. The summed E-state index contributed by atoms with van der Waals surface area (Å²) in [5.41, 5.74) is 1.99. The lowest BCUT2D eigenvalue weighted by Gasteiger charge is -2.29. The van der Waals surface area contributed by atoms with Gasteiger partial charge in [-0.25, -0.2) is 0 Å². The number of hydrogen-bond donors (Lipinski definition) is 8. The Bertz CT molecular complexity index is 1120. The van der Waals surface area contributed by atoms with E-state index in [4.69, 9.17) is 0 Å². The second-order valence-corrected chi connectivity index (χ2v) is 12.7. The molecule has 0 aliphatic carbocycles. The molecule has 2 aromatic carbocycles. The minimum atomic E-state index is -5.60. The van der Waals surface area contributed by atoms with Gasteiger partial charge in [0.05, 0.1) is 5.69 Å². The maximum Gasteiger partial charge on any atom is 0.369 e. The molecule has 2 unspecified atom stereocenters. The van der Waals surface area contributed by atoms with Crippen molar-refractivity contribution in [2.75, 3.05) is 5.32 Å². The summed E-state index contributed by atoms with van der Waals surface area (Å²) in [6.07, 6.45) is -0.317. The number of aliphatic hydroxyl groups is 1. The average Bonchev–Trinajstić information content (AvgIpc) is 2.78. The Kier molecular flexibility index (Phi) is 9.90. The summed E-state index contributed by atoms with van der Waals surface area (Å²) in [6, 6.07) is 11.8. The number of anilines is 1. The maximum absolute atomic E-state index is 12.4. The third-order valence-electron chi connectivity index (χ3n) is 6.26. The Balaban J connectivity index is 2.17. The van der Waals surface area contributed by atoms with Crippen LogP contribution < -0.4 is 5.32 Å². The maximum atomic E-state index is 12.4. The SMILES string of the molecule is CCC(c1ccc(O)cc1)C(CC)c1ccc(O)c(NC(=O)CCCC(O)(P(=O)(O)O)P(=O)(O)O)c1. The van der Waals surface area contributed by atoms with E-state index in [1.807, 2.05) is 26.0 Å². The highest BCUT2D eigenvalue weighted by atomic mass is 31.2. The number of nitrogens with one attached hydrogen (secondary N) is 1. The molecule has 36 heavy (non-hydrogen) atoms. The van der Waals surface area contributed by atoms with Crippen LogP contribution in [0.4, 0.5) is 5.69 Å². The van der Waals surface area contributed by atoms with E-state index in [1.165, 1.54) is 6.07 Å². The van der Waals surface area contributed by atoms with Crippen molar-refractivity contribution in [3.63, 3.8) is 0 Å². The zero-order valence-corrected chi connectivity index (χ0v) is 21.8. The van der Waals surface area contributed by atoms with Gasteiger partial charge in [-0.1, -0.05) is 32.0 Å². The van der Waals surface area contributed by atoms with E-state index in [-0.39, 0.29) is 29.0 Å². The molecule has 1 amide bonds. The average molecular weight is 545 g/mol. The molecule has 0 fully saturated rings. The van der Waals surface area contributed by atoms with Gasteiger partial charge in [-0.3, -0.25) is 13.9 Å². The molecule has 11 nitrogen and oxygen atoms in total. The first-order valence-corrected chi connectivity index (χ1v) is 14.6. The Hall–Kier alpha value is -2.23. The lowest BCUT2D eigenvalue weighted by Crippen LogP contribution is -2.29. The summed E-state index contributed by atoms with van der Waals surface area (Å²) in [7, 11) is -11.2. The highest BCUT2D eigenvalue weighted by Crippen LogP contribution is 2.69. The topological polar surface area (TPSA) is 205 Å². The summed E-state index contributed by atoms with van der Waals surface area (Å²) in [6.45, 7) is 4.06. The van der Waals surface area contributed by atoms with E-state index in [2.05, 4.69) is 5.32 Å². The third-order valence-corrected chi connectivity index (χ3v) is 10.1. The second-order valence-electron chi connectivity index (χ2n) is 8.66. The van der Waals surface area contributed by atoms with Gasteiger partial charge < -0.3 is 40.2 Å². The zero-order valence-electron chi connectivity index (χ0n) is 20.0. The normalized spacial score (nSPS) is 14.3. The Labute approximate surface area is 209 Å². The van der Waals surface area contributed by atoms with Crippen LogP contribution in [0.5, 0.6) is 11.5 Å². The lowest BCUT2D eigenvalue weighted by atomic mass is 9.78. The Morgan fingerprint density at radius 2 is 1.39 bits per heavy atom. The second kappa shape index (κ2) is 11.9. The fourth-order valence-electron chi connectivity index (χ4n) is 4.27. The van der Waals surface area contributed by atoms with Gasteiger partial charge >= 0.3 is 15.2 Å². The van der Waals surface area contributed by atoms with Crippen molar-refractivity contribution in [2.24, 2.45) is 0 Å². The number of carbonyl (C=O) groups excluding carboxylic acids is 1. The number of amides is 1. The van der Waals surface area contributed by atoms with Crippen LogP contribution in [-0.2, 0) is 13.9 Å². The molecule has 0 saturated heterocycles. The minimum absolute atomic E-state index is 0.0253. The number of aromatic hydroxyl groups is 2. The van der Waals surface area contributed by atoms with E-state index in [9.17, 15) is 48.8 Å². The van der Waals surface area contributed by atoms with Crippen LogP contribution in [0.25, 0.3) is 0 Å². The van der Waals surface area contributed by atoms with Crippen LogP contribution in [-0.4, -0.2) is 45.9 Å². The molecule has 0 aromatic heterocycles. The van der Waals surface area contributed by atoms with Crippen LogP contribution >= 0.6 is 15.2 Å². The first-order chi connectivity index (χ1) is 16.6. The molecule has 0 spiro atoms.